The first kappa shape index (κ1) is 23.9. The van der Waals surface area contributed by atoms with Gasteiger partial charge in [-0.1, -0.05) is 69.8 Å². The fourth-order valence-corrected chi connectivity index (χ4v) is 2.78. The maximum atomic E-state index is 10.4. The summed E-state index contributed by atoms with van der Waals surface area (Å²) in [5.74, 6) is -0.831. The summed E-state index contributed by atoms with van der Waals surface area (Å²) in [5.41, 5.74) is 0. The number of hydrogen-bond acceptors (Lipinski definition) is 2. The Morgan fingerprint density at radius 3 is 1.88 bits per heavy atom. The molecule has 0 radical (unpaired) electrons. The number of carboxylic acid groups (broad SMARTS) is 1. The summed E-state index contributed by atoms with van der Waals surface area (Å²) in [6.45, 7) is 2.26. The average molecular weight is 353 g/mol. The molecule has 0 aromatic heterocycles. The maximum Gasteiger partial charge on any atom is 0.303 e. The van der Waals surface area contributed by atoms with E-state index in [1.54, 1.807) is 0 Å². The van der Waals surface area contributed by atoms with Gasteiger partial charge < -0.3 is 10.2 Å². The van der Waals surface area contributed by atoms with E-state index >= 15 is 0 Å². The number of unbranched alkanes of at least 4 members (excludes halogenated alkanes) is 9. The predicted molar refractivity (Wildman–Crippen MR) is 107 cm³/mol. The van der Waals surface area contributed by atoms with Crippen molar-refractivity contribution in [3.05, 3.63) is 24.3 Å². The van der Waals surface area contributed by atoms with Gasteiger partial charge in [-0.05, 0) is 51.4 Å². The minimum Gasteiger partial charge on any atom is -0.481 e. The van der Waals surface area contributed by atoms with Gasteiger partial charge >= 0.3 is 5.97 Å². The molecule has 0 saturated heterocycles. The number of allylic oxidation sites excluding steroid dienone is 4. The van der Waals surface area contributed by atoms with Crippen LogP contribution in [-0.4, -0.2) is 22.3 Å². The topological polar surface area (TPSA) is 57.5 Å². The Bertz CT molecular complexity index is 347. The Morgan fingerprint density at radius 1 is 0.760 bits per heavy atom. The van der Waals surface area contributed by atoms with E-state index < -0.39 is 12.1 Å². The van der Waals surface area contributed by atoms with Crippen LogP contribution in [0, 0.1) is 0 Å². The third-order valence-corrected chi connectivity index (χ3v) is 4.41. The number of aliphatic hydroxyl groups is 1. The highest BCUT2D eigenvalue weighted by molar-refractivity contribution is 5.66. The smallest absolute Gasteiger partial charge is 0.303 e. The van der Waals surface area contributed by atoms with Crippen molar-refractivity contribution in [1.29, 1.82) is 0 Å². The van der Waals surface area contributed by atoms with Crippen LogP contribution in [0.5, 0.6) is 0 Å². The monoisotopic (exact) mass is 352 g/mol. The fraction of sp³-hybridized carbons (Fsp3) is 0.773. The molecule has 0 rings (SSSR count). The highest BCUT2D eigenvalue weighted by atomic mass is 16.4. The summed E-state index contributed by atoms with van der Waals surface area (Å²) in [5, 5.41) is 18.2. The molecule has 2 N–H and O–H groups in total. The minimum absolute atomic E-state index is 0.0629. The first-order chi connectivity index (χ1) is 12.2. The summed E-state index contributed by atoms with van der Waals surface area (Å²) in [4.78, 5) is 10.4. The van der Waals surface area contributed by atoms with Crippen LogP contribution >= 0.6 is 0 Å². The van der Waals surface area contributed by atoms with E-state index in [1.807, 2.05) is 0 Å². The molecule has 25 heavy (non-hydrogen) atoms. The van der Waals surface area contributed by atoms with Gasteiger partial charge in [0.15, 0.2) is 0 Å². The summed E-state index contributed by atoms with van der Waals surface area (Å²) in [6, 6.07) is 0. The Hall–Kier alpha value is -1.09. The number of rotatable bonds is 18. The lowest BCUT2D eigenvalue weighted by atomic mass is 10.1. The molecule has 0 aromatic carbocycles. The second-order valence-corrected chi connectivity index (χ2v) is 6.95. The van der Waals surface area contributed by atoms with Gasteiger partial charge in [0.2, 0.25) is 0 Å². The van der Waals surface area contributed by atoms with Gasteiger partial charge in [0.25, 0.3) is 0 Å². The van der Waals surface area contributed by atoms with Crippen molar-refractivity contribution in [2.24, 2.45) is 0 Å². The van der Waals surface area contributed by atoms with Crippen LogP contribution in [0.15, 0.2) is 24.3 Å². The van der Waals surface area contributed by atoms with Crippen LogP contribution in [0.2, 0.25) is 0 Å². The number of hydrogen-bond donors (Lipinski definition) is 2. The molecule has 1 atom stereocenters. The molecule has 0 aliphatic rings. The normalized spacial score (nSPS) is 13.0. The van der Waals surface area contributed by atoms with Crippen LogP contribution in [0.3, 0.4) is 0 Å². The van der Waals surface area contributed by atoms with Crippen LogP contribution in [0.25, 0.3) is 0 Å². The molecule has 0 spiro atoms. The Labute approximate surface area is 155 Å². The minimum atomic E-state index is -0.831. The predicted octanol–water partition coefficient (Wildman–Crippen LogP) is 6.42. The van der Waals surface area contributed by atoms with Crippen molar-refractivity contribution in [3.8, 4) is 0 Å². The van der Waals surface area contributed by atoms with Crippen molar-refractivity contribution < 1.29 is 15.0 Å². The van der Waals surface area contributed by atoms with E-state index in [1.165, 1.54) is 44.9 Å². The molecule has 0 saturated carbocycles. The molecule has 1 unspecified atom stereocenters. The Balaban J connectivity index is 3.29. The number of aliphatic carboxylic acids is 1. The van der Waals surface area contributed by atoms with E-state index in [-0.39, 0.29) is 6.42 Å². The molecule has 3 nitrogen and oxygen atoms in total. The van der Waals surface area contributed by atoms with Gasteiger partial charge in [-0.15, -0.1) is 0 Å². The van der Waals surface area contributed by atoms with Crippen molar-refractivity contribution in [2.75, 3.05) is 0 Å². The lowest BCUT2D eigenvalue weighted by molar-refractivity contribution is -0.137. The molecule has 0 aromatic rings. The molecule has 3 heteroatoms. The Morgan fingerprint density at radius 2 is 1.28 bits per heavy atom. The average Bonchev–Trinajstić information content (AvgIpc) is 2.59. The molecule has 0 fully saturated rings. The lowest BCUT2D eigenvalue weighted by Crippen LogP contribution is -2.09. The zero-order valence-electron chi connectivity index (χ0n) is 16.3. The molecule has 0 bridgehead atoms. The highest BCUT2D eigenvalue weighted by Gasteiger charge is 2.06. The van der Waals surface area contributed by atoms with Crippen molar-refractivity contribution in [2.45, 2.75) is 109 Å². The first-order valence-corrected chi connectivity index (χ1v) is 10.4. The fourth-order valence-electron chi connectivity index (χ4n) is 2.78. The SMILES string of the molecule is CCCCCCCCC=CCCC=CCCCCC(O)CCC(=O)O. The van der Waals surface area contributed by atoms with E-state index in [2.05, 4.69) is 31.2 Å². The third-order valence-electron chi connectivity index (χ3n) is 4.41. The molecule has 0 heterocycles. The van der Waals surface area contributed by atoms with Gasteiger partial charge in [0.1, 0.15) is 0 Å². The maximum absolute atomic E-state index is 10.4. The second-order valence-electron chi connectivity index (χ2n) is 6.95. The molecular weight excluding hydrogens is 312 g/mol. The molecule has 0 aliphatic heterocycles. The van der Waals surface area contributed by atoms with Gasteiger partial charge in [-0.2, -0.15) is 0 Å². The number of carbonyl (C=O) groups is 1. The molecule has 0 amide bonds. The van der Waals surface area contributed by atoms with Crippen molar-refractivity contribution in [1.82, 2.24) is 0 Å². The zero-order chi connectivity index (χ0) is 18.6. The van der Waals surface area contributed by atoms with Gasteiger partial charge in [-0.25, -0.2) is 0 Å². The highest BCUT2D eigenvalue weighted by Crippen LogP contribution is 2.10. The standard InChI is InChI=1S/C22H40O3/c1-2-3-4-5-6-7-8-9-10-11-12-13-14-15-16-17-18-21(23)19-20-22(24)25/h9-10,13-14,21,23H,2-8,11-12,15-20H2,1H3,(H,24,25). The summed E-state index contributed by atoms with van der Waals surface area (Å²) >= 11 is 0. The number of aliphatic hydroxyl groups excluding tert-OH is 1. The summed E-state index contributed by atoms with van der Waals surface area (Å²) < 4.78 is 0. The summed E-state index contributed by atoms with van der Waals surface area (Å²) in [6.07, 6.45) is 24.5. The third kappa shape index (κ3) is 20.9. The number of carboxylic acids is 1. The molecule has 146 valence electrons. The second kappa shape index (κ2) is 19.2. The van der Waals surface area contributed by atoms with Gasteiger partial charge in [0.05, 0.1) is 6.10 Å². The van der Waals surface area contributed by atoms with E-state index in [4.69, 9.17) is 5.11 Å². The Kier molecular flexibility index (Phi) is 18.4. The van der Waals surface area contributed by atoms with E-state index in [9.17, 15) is 9.90 Å². The van der Waals surface area contributed by atoms with E-state index in [0.29, 0.717) is 12.8 Å². The van der Waals surface area contributed by atoms with Crippen LogP contribution in [-0.2, 0) is 4.79 Å². The lowest BCUT2D eigenvalue weighted by Gasteiger charge is -2.07. The summed E-state index contributed by atoms with van der Waals surface area (Å²) in [7, 11) is 0. The molecule has 0 aliphatic carbocycles. The zero-order valence-corrected chi connectivity index (χ0v) is 16.3. The van der Waals surface area contributed by atoms with Crippen molar-refractivity contribution >= 4 is 5.97 Å². The molecular formula is C22H40O3. The van der Waals surface area contributed by atoms with Crippen LogP contribution < -0.4 is 0 Å². The van der Waals surface area contributed by atoms with Crippen molar-refractivity contribution in [3.63, 3.8) is 0 Å². The largest absolute Gasteiger partial charge is 0.481 e. The first-order valence-electron chi connectivity index (χ1n) is 10.4. The quantitative estimate of drug-likeness (QED) is 0.221. The van der Waals surface area contributed by atoms with E-state index in [0.717, 1.165) is 32.1 Å². The van der Waals surface area contributed by atoms with Gasteiger partial charge in [0, 0.05) is 6.42 Å². The van der Waals surface area contributed by atoms with Crippen LogP contribution in [0.4, 0.5) is 0 Å². The van der Waals surface area contributed by atoms with Crippen LogP contribution in [0.1, 0.15) is 103 Å². The van der Waals surface area contributed by atoms with Gasteiger partial charge in [-0.3, -0.25) is 4.79 Å².